The first-order chi connectivity index (χ1) is 10.1. The van der Waals surface area contributed by atoms with Gasteiger partial charge in [-0.15, -0.1) is 11.8 Å². The van der Waals surface area contributed by atoms with E-state index >= 15 is 0 Å². The van der Waals surface area contributed by atoms with E-state index in [4.69, 9.17) is 9.47 Å². The minimum atomic E-state index is -0.0484. The first-order valence-corrected chi connectivity index (χ1v) is 8.23. The van der Waals surface area contributed by atoms with Crippen molar-refractivity contribution >= 4 is 33.5 Å². The van der Waals surface area contributed by atoms with E-state index in [-0.39, 0.29) is 5.78 Å². The molecule has 110 valence electrons. The summed E-state index contributed by atoms with van der Waals surface area (Å²) in [5, 5.41) is 0. The van der Waals surface area contributed by atoms with Gasteiger partial charge in [-0.05, 0) is 46.5 Å². The Kier molecular flexibility index (Phi) is 5.31. The second kappa shape index (κ2) is 7.00. The Balaban J connectivity index is 2.53. The van der Waals surface area contributed by atoms with Gasteiger partial charge in [0, 0.05) is 20.5 Å². The van der Waals surface area contributed by atoms with Crippen LogP contribution < -0.4 is 9.47 Å². The molecule has 2 aromatic carbocycles. The zero-order valence-electron chi connectivity index (χ0n) is 12.0. The van der Waals surface area contributed by atoms with Crippen LogP contribution in [0.1, 0.15) is 15.9 Å². The molecular weight excluding hydrogens is 352 g/mol. The molecule has 21 heavy (non-hydrogen) atoms. The first-order valence-electron chi connectivity index (χ1n) is 6.21. The average Bonchev–Trinajstić information content (AvgIpc) is 2.53. The van der Waals surface area contributed by atoms with Gasteiger partial charge in [0.1, 0.15) is 0 Å². The van der Waals surface area contributed by atoms with Crippen LogP contribution in [-0.4, -0.2) is 26.3 Å². The van der Waals surface area contributed by atoms with Crippen molar-refractivity contribution in [2.24, 2.45) is 0 Å². The largest absolute Gasteiger partial charge is 0.493 e. The lowest BCUT2D eigenvalue weighted by Crippen LogP contribution is -2.05. The molecule has 3 nitrogen and oxygen atoms in total. The molecule has 0 saturated carbocycles. The number of ketones is 1. The van der Waals surface area contributed by atoms with Crippen LogP contribution >= 0.6 is 27.7 Å². The number of benzene rings is 2. The molecule has 2 aromatic rings. The molecule has 0 aliphatic heterocycles. The molecule has 0 saturated heterocycles. The summed E-state index contributed by atoms with van der Waals surface area (Å²) >= 11 is 4.98. The third kappa shape index (κ3) is 3.24. The molecule has 0 spiro atoms. The van der Waals surface area contributed by atoms with Gasteiger partial charge < -0.3 is 9.47 Å². The zero-order chi connectivity index (χ0) is 15.4. The quantitative estimate of drug-likeness (QED) is 0.579. The second-order valence-electron chi connectivity index (χ2n) is 4.22. The van der Waals surface area contributed by atoms with E-state index in [2.05, 4.69) is 15.9 Å². The molecule has 0 aliphatic rings. The number of carbonyl (C=O) groups is 1. The van der Waals surface area contributed by atoms with Gasteiger partial charge in [-0.2, -0.15) is 0 Å². The normalized spacial score (nSPS) is 10.3. The summed E-state index contributed by atoms with van der Waals surface area (Å²) in [7, 11) is 3.12. The van der Waals surface area contributed by atoms with Crippen molar-refractivity contribution < 1.29 is 14.3 Å². The molecule has 0 N–H and O–H groups in total. The molecule has 0 amide bonds. The minimum Gasteiger partial charge on any atom is -0.493 e. The predicted molar refractivity (Wildman–Crippen MR) is 88.9 cm³/mol. The van der Waals surface area contributed by atoms with Crippen molar-refractivity contribution in [1.29, 1.82) is 0 Å². The van der Waals surface area contributed by atoms with Gasteiger partial charge in [0.15, 0.2) is 17.3 Å². The van der Waals surface area contributed by atoms with E-state index in [1.165, 1.54) is 0 Å². The Morgan fingerprint density at radius 2 is 1.67 bits per heavy atom. The molecular formula is C16H15BrO3S. The molecule has 0 aliphatic carbocycles. The number of hydrogen-bond acceptors (Lipinski definition) is 4. The van der Waals surface area contributed by atoms with Gasteiger partial charge in [0.05, 0.1) is 14.2 Å². The van der Waals surface area contributed by atoms with Crippen LogP contribution in [0.25, 0.3) is 0 Å². The maximum Gasteiger partial charge on any atom is 0.195 e. The lowest BCUT2D eigenvalue weighted by molar-refractivity contribution is 0.103. The minimum absolute atomic E-state index is 0.0484. The second-order valence-corrected chi connectivity index (χ2v) is 5.92. The summed E-state index contributed by atoms with van der Waals surface area (Å²) in [6.45, 7) is 0. The highest BCUT2D eigenvalue weighted by Crippen LogP contribution is 2.35. The van der Waals surface area contributed by atoms with E-state index in [1.54, 1.807) is 38.1 Å². The summed E-state index contributed by atoms with van der Waals surface area (Å²) < 4.78 is 11.2. The molecule has 0 fully saturated rings. The summed E-state index contributed by atoms with van der Waals surface area (Å²) in [5.41, 5.74) is 1.23. The van der Waals surface area contributed by atoms with E-state index in [0.717, 1.165) is 4.90 Å². The number of methoxy groups -OCH3 is 2. The van der Waals surface area contributed by atoms with Gasteiger partial charge in [-0.25, -0.2) is 0 Å². The first kappa shape index (κ1) is 15.9. The highest BCUT2D eigenvalue weighted by molar-refractivity contribution is 9.10. The number of thioether (sulfide) groups is 1. The van der Waals surface area contributed by atoms with Crippen LogP contribution in [-0.2, 0) is 0 Å². The van der Waals surface area contributed by atoms with E-state index in [1.807, 2.05) is 30.5 Å². The van der Waals surface area contributed by atoms with Gasteiger partial charge in [0.25, 0.3) is 0 Å². The molecule has 0 radical (unpaired) electrons. The Hall–Kier alpha value is -1.46. The monoisotopic (exact) mass is 366 g/mol. The molecule has 0 unspecified atom stereocenters. The van der Waals surface area contributed by atoms with Crippen molar-refractivity contribution in [3.8, 4) is 11.5 Å². The molecule has 0 heterocycles. The van der Waals surface area contributed by atoms with Crippen LogP contribution in [0, 0.1) is 0 Å². The summed E-state index contributed by atoms with van der Waals surface area (Å²) in [5.74, 6) is 1.07. The van der Waals surface area contributed by atoms with Crippen LogP contribution in [0.5, 0.6) is 11.5 Å². The topological polar surface area (TPSA) is 35.5 Å². The summed E-state index contributed by atoms with van der Waals surface area (Å²) in [6, 6.07) is 11.0. The Morgan fingerprint density at radius 3 is 2.29 bits per heavy atom. The molecule has 0 bridgehead atoms. The number of rotatable bonds is 5. The molecule has 2 rings (SSSR count). The fourth-order valence-electron chi connectivity index (χ4n) is 2.01. The van der Waals surface area contributed by atoms with Crippen LogP contribution in [0.4, 0.5) is 0 Å². The zero-order valence-corrected chi connectivity index (χ0v) is 14.4. The van der Waals surface area contributed by atoms with Crippen molar-refractivity contribution in [3.63, 3.8) is 0 Å². The summed E-state index contributed by atoms with van der Waals surface area (Å²) in [6.07, 6.45) is 1.95. The Morgan fingerprint density at radius 1 is 1.05 bits per heavy atom. The third-order valence-electron chi connectivity index (χ3n) is 3.07. The van der Waals surface area contributed by atoms with Gasteiger partial charge >= 0.3 is 0 Å². The fourth-order valence-corrected chi connectivity index (χ4v) is 3.10. The Bertz CT molecular complexity index is 671. The van der Waals surface area contributed by atoms with Crippen molar-refractivity contribution in [3.05, 3.63) is 52.0 Å². The number of ether oxygens (including phenoxy) is 2. The highest BCUT2D eigenvalue weighted by atomic mass is 79.9. The van der Waals surface area contributed by atoms with Crippen molar-refractivity contribution in [1.82, 2.24) is 0 Å². The van der Waals surface area contributed by atoms with E-state index in [9.17, 15) is 4.79 Å². The SMILES string of the molecule is COc1cc(Br)c(C(=O)c2ccccc2SC)cc1OC. The van der Waals surface area contributed by atoms with Gasteiger partial charge in [0.2, 0.25) is 0 Å². The van der Waals surface area contributed by atoms with Gasteiger partial charge in [-0.3, -0.25) is 4.79 Å². The Labute approximate surface area is 136 Å². The van der Waals surface area contributed by atoms with Crippen molar-refractivity contribution in [2.45, 2.75) is 4.90 Å². The van der Waals surface area contributed by atoms with E-state index < -0.39 is 0 Å². The lowest BCUT2D eigenvalue weighted by atomic mass is 10.0. The highest BCUT2D eigenvalue weighted by Gasteiger charge is 2.19. The van der Waals surface area contributed by atoms with Crippen LogP contribution in [0.15, 0.2) is 45.8 Å². The van der Waals surface area contributed by atoms with Crippen LogP contribution in [0.3, 0.4) is 0 Å². The summed E-state index contributed by atoms with van der Waals surface area (Å²) in [4.78, 5) is 13.7. The van der Waals surface area contributed by atoms with E-state index in [0.29, 0.717) is 27.1 Å². The average molecular weight is 367 g/mol. The maximum atomic E-state index is 12.8. The third-order valence-corrected chi connectivity index (χ3v) is 4.52. The molecule has 5 heteroatoms. The maximum absolute atomic E-state index is 12.8. The van der Waals surface area contributed by atoms with Crippen molar-refractivity contribution in [2.75, 3.05) is 20.5 Å². The number of carbonyl (C=O) groups excluding carboxylic acids is 1. The fraction of sp³-hybridized carbons (Fsp3) is 0.188. The smallest absolute Gasteiger partial charge is 0.195 e. The van der Waals surface area contributed by atoms with Crippen LogP contribution in [0.2, 0.25) is 0 Å². The predicted octanol–water partition coefficient (Wildman–Crippen LogP) is 4.42. The van der Waals surface area contributed by atoms with Gasteiger partial charge in [-0.1, -0.05) is 12.1 Å². The molecule has 0 atom stereocenters. The number of halogens is 1. The lowest BCUT2D eigenvalue weighted by Gasteiger charge is -2.12. The molecule has 0 aromatic heterocycles. The standard InChI is InChI=1S/C16H15BrO3S/c1-19-13-8-11(12(17)9-14(13)20-2)16(18)10-6-4-5-7-15(10)21-3/h4-9H,1-3H3. The number of hydrogen-bond donors (Lipinski definition) is 0.